The second-order valence-electron chi connectivity index (χ2n) is 9.77. The number of anilines is 1. The van der Waals surface area contributed by atoms with Crippen LogP contribution in [0, 0.1) is 18.7 Å². The van der Waals surface area contributed by atoms with Crippen molar-refractivity contribution >= 4 is 45.0 Å². The lowest BCUT2D eigenvalue weighted by Gasteiger charge is -2.11. The Labute approximate surface area is 226 Å². The minimum absolute atomic E-state index is 0.0102. The van der Waals surface area contributed by atoms with E-state index in [0.29, 0.717) is 33.9 Å². The van der Waals surface area contributed by atoms with E-state index in [1.54, 1.807) is 29.8 Å². The molecule has 7 rings (SSSR count). The first-order valence-electron chi connectivity index (χ1n) is 12.8. The minimum Gasteiger partial charge on any atom is -0.335 e. The molecule has 0 aliphatic heterocycles. The molecule has 0 saturated heterocycles. The molecule has 1 fully saturated rings. The number of pyridine rings is 3. The maximum Gasteiger partial charge on any atom is 0.227 e. The highest BCUT2D eigenvalue weighted by Gasteiger charge is 2.24. The van der Waals surface area contributed by atoms with Crippen LogP contribution in [0.15, 0.2) is 49.1 Å². The van der Waals surface area contributed by atoms with Crippen LogP contribution in [0.2, 0.25) is 0 Å². The van der Waals surface area contributed by atoms with Crippen molar-refractivity contribution < 1.29 is 9.18 Å². The highest BCUT2D eigenvalue weighted by atomic mass is 32.1. The molecule has 6 aromatic heterocycles. The van der Waals surface area contributed by atoms with Crippen LogP contribution in [0.4, 0.5) is 10.1 Å². The number of carbonyl (C=O) groups is 1. The van der Waals surface area contributed by atoms with Crippen LogP contribution in [0.25, 0.3) is 55.3 Å². The largest absolute Gasteiger partial charge is 0.335 e. The number of imidazole rings is 1. The first kappa shape index (κ1) is 23.6. The van der Waals surface area contributed by atoms with Gasteiger partial charge in [-0.3, -0.25) is 19.9 Å². The Morgan fingerprint density at radius 1 is 1.10 bits per heavy atom. The molecule has 0 atom stereocenters. The van der Waals surface area contributed by atoms with Gasteiger partial charge in [0, 0.05) is 39.2 Å². The van der Waals surface area contributed by atoms with Gasteiger partial charge in [-0.05, 0) is 44.0 Å². The van der Waals surface area contributed by atoms with Crippen LogP contribution in [0.1, 0.15) is 30.6 Å². The molecule has 1 aliphatic rings. The smallest absolute Gasteiger partial charge is 0.227 e. The van der Waals surface area contributed by atoms with E-state index in [1.807, 2.05) is 6.07 Å². The van der Waals surface area contributed by atoms with Gasteiger partial charge in [0.2, 0.25) is 5.91 Å². The number of amides is 1. The van der Waals surface area contributed by atoms with Crippen molar-refractivity contribution in [2.45, 2.75) is 32.6 Å². The van der Waals surface area contributed by atoms with E-state index < -0.39 is 5.82 Å². The van der Waals surface area contributed by atoms with Crippen molar-refractivity contribution in [2.75, 3.05) is 5.32 Å². The fourth-order valence-corrected chi connectivity index (χ4v) is 6.12. The van der Waals surface area contributed by atoms with Crippen LogP contribution in [-0.2, 0) is 4.79 Å². The molecule has 6 heterocycles. The Kier molecular flexibility index (Phi) is 5.66. The van der Waals surface area contributed by atoms with E-state index in [9.17, 15) is 4.79 Å². The van der Waals surface area contributed by atoms with Crippen LogP contribution < -0.4 is 5.32 Å². The fraction of sp³-hybridized carbons (Fsp3) is 0.214. The second kappa shape index (κ2) is 9.35. The average molecular weight is 539 g/mol. The molecule has 6 aromatic rings. The van der Waals surface area contributed by atoms with Crippen LogP contribution in [-0.4, -0.2) is 41.0 Å². The molecule has 0 bridgehead atoms. The van der Waals surface area contributed by atoms with Crippen molar-refractivity contribution in [3.05, 3.63) is 59.7 Å². The highest BCUT2D eigenvalue weighted by molar-refractivity contribution is 7.15. The normalized spacial score (nSPS) is 14.0. The van der Waals surface area contributed by atoms with E-state index in [1.165, 1.54) is 17.3 Å². The number of nitrogens with one attached hydrogen (secondary N) is 3. The molecule has 9 nitrogen and oxygen atoms in total. The molecule has 0 spiro atoms. The van der Waals surface area contributed by atoms with E-state index in [0.717, 1.165) is 41.6 Å². The molecule has 3 N–H and O–H groups in total. The number of aromatic amines is 2. The number of H-pyrrole nitrogens is 2. The van der Waals surface area contributed by atoms with E-state index in [-0.39, 0.29) is 22.9 Å². The number of fused-ring (bicyclic) bond motifs is 2. The SMILES string of the molecule is Cc1ccc(-c2ccnc3nc(-c4n[nH]c5cnc(-c6cncc(NC(=O)C7CCCC7)c6)c(F)c45)[nH]c23)s1. The Morgan fingerprint density at radius 2 is 1.97 bits per heavy atom. The zero-order valence-corrected chi connectivity index (χ0v) is 21.8. The van der Waals surface area contributed by atoms with Gasteiger partial charge in [0.1, 0.15) is 11.4 Å². The highest BCUT2D eigenvalue weighted by Crippen LogP contribution is 2.36. The van der Waals surface area contributed by atoms with Crippen molar-refractivity contribution in [3.63, 3.8) is 0 Å². The molecule has 0 unspecified atom stereocenters. The number of hydrogen-bond acceptors (Lipinski definition) is 7. The maximum absolute atomic E-state index is 16.1. The number of rotatable bonds is 5. The third-order valence-electron chi connectivity index (χ3n) is 7.17. The van der Waals surface area contributed by atoms with E-state index in [2.05, 4.69) is 59.5 Å². The molecule has 194 valence electrons. The van der Waals surface area contributed by atoms with E-state index in [4.69, 9.17) is 0 Å². The summed E-state index contributed by atoms with van der Waals surface area (Å²) in [6.45, 7) is 2.06. The van der Waals surface area contributed by atoms with Crippen molar-refractivity contribution in [3.8, 4) is 33.2 Å². The standard InChI is InChI=1S/C28H23FN8OS/c1-14-6-7-20(39-14)18-8-9-31-26-24(18)34-27(35-26)25-21-19(36-37-25)13-32-23(22(21)29)16-10-17(12-30-11-16)33-28(38)15-4-2-3-5-15/h6-13,15H,2-5H2,1H3,(H,33,38)(H,36,37)(H,31,34,35). The van der Waals surface area contributed by atoms with Gasteiger partial charge in [-0.2, -0.15) is 5.10 Å². The van der Waals surface area contributed by atoms with Crippen LogP contribution >= 0.6 is 11.3 Å². The summed E-state index contributed by atoms with van der Waals surface area (Å²) < 4.78 is 16.1. The van der Waals surface area contributed by atoms with Gasteiger partial charge in [-0.1, -0.05) is 12.8 Å². The van der Waals surface area contributed by atoms with Crippen LogP contribution in [0.3, 0.4) is 0 Å². The molecule has 39 heavy (non-hydrogen) atoms. The number of nitrogens with zero attached hydrogens (tertiary/aromatic N) is 5. The monoisotopic (exact) mass is 538 g/mol. The number of aryl methyl sites for hydroxylation is 1. The lowest BCUT2D eigenvalue weighted by Crippen LogP contribution is -2.20. The predicted molar refractivity (Wildman–Crippen MR) is 149 cm³/mol. The lowest BCUT2D eigenvalue weighted by atomic mass is 10.1. The molecule has 11 heteroatoms. The van der Waals surface area contributed by atoms with Crippen molar-refractivity contribution in [2.24, 2.45) is 5.92 Å². The van der Waals surface area contributed by atoms with Gasteiger partial charge in [-0.15, -0.1) is 11.3 Å². The summed E-state index contributed by atoms with van der Waals surface area (Å²) in [5.74, 6) is -0.171. The zero-order chi connectivity index (χ0) is 26.5. The van der Waals surface area contributed by atoms with Crippen molar-refractivity contribution in [1.82, 2.24) is 35.1 Å². The minimum atomic E-state index is -0.556. The molecule has 1 saturated carbocycles. The molecule has 1 aliphatic carbocycles. The first-order valence-corrected chi connectivity index (χ1v) is 13.6. The summed E-state index contributed by atoms with van der Waals surface area (Å²) in [5, 5.41) is 10.4. The first-order chi connectivity index (χ1) is 19.0. The molecule has 0 radical (unpaired) electrons. The molecular weight excluding hydrogens is 515 g/mol. The Hall–Kier alpha value is -4.51. The number of hydrogen-bond donors (Lipinski definition) is 3. The van der Waals surface area contributed by atoms with E-state index >= 15 is 4.39 Å². The van der Waals surface area contributed by atoms with Gasteiger partial charge < -0.3 is 10.3 Å². The zero-order valence-electron chi connectivity index (χ0n) is 21.0. The Balaban J connectivity index is 1.28. The summed E-state index contributed by atoms with van der Waals surface area (Å²) >= 11 is 1.68. The summed E-state index contributed by atoms with van der Waals surface area (Å²) in [6.07, 6.45) is 10.3. The number of aromatic nitrogens is 7. The summed E-state index contributed by atoms with van der Waals surface area (Å²) in [6, 6.07) is 7.76. The molecule has 0 aromatic carbocycles. The third kappa shape index (κ3) is 4.15. The summed E-state index contributed by atoms with van der Waals surface area (Å²) in [5.41, 5.74) is 4.10. The third-order valence-corrected chi connectivity index (χ3v) is 8.21. The average Bonchev–Trinajstić information content (AvgIpc) is 3.75. The second-order valence-corrected chi connectivity index (χ2v) is 11.1. The quantitative estimate of drug-likeness (QED) is 0.238. The van der Waals surface area contributed by atoms with Gasteiger partial charge in [0.15, 0.2) is 17.3 Å². The van der Waals surface area contributed by atoms with Crippen LogP contribution in [0.5, 0.6) is 0 Å². The predicted octanol–water partition coefficient (Wildman–Crippen LogP) is 6.26. The molecular formula is C28H23FN8OS. The summed E-state index contributed by atoms with van der Waals surface area (Å²) in [4.78, 5) is 35.8. The topological polar surface area (TPSA) is 125 Å². The van der Waals surface area contributed by atoms with Gasteiger partial charge >= 0.3 is 0 Å². The van der Waals surface area contributed by atoms with Gasteiger partial charge in [-0.25, -0.2) is 14.4 Å². The molecule has 1 amide bonds. The van der Waals surface area contributed by atoms with Gasteiger partial charge in [0.05, 0.1) is 34.5 Å². The lowest BCUT2D eigenvalue weighted by molar-refractivity contribution is -0.119. The number of halogens is 1. The Morgan fingerprint density at radius 3 is 2.79 bits per heavy atom. The fourth-order valence-electron chi connectivity index (χ4n) is 5.23. The number of thiophene rings is 1. The summed E-state index contributed by atoms with van der Waals surface area (Å²) in [7, 11) is 0. The number of carbonyl (C=O) groups excluding carboxylic acids is 1. The Bertz CT molecular complexity index is 1870. The van der Waals surface area contributed by atoms with Gasteiger partial charge in [0.25, 0.3) is 0 Å². The maximum atomic E-state index is 16.1. The van der Waals surface area contributed by atoms with Crippen molar-refractivity contribution in [1.29, 1.82) is 0 Å².